The van der Waals surface area contributed by atoms with E-state index >= 15 is 0 Å². The Hall–Kier alpha value is -1.91. The maximum absolute atomic E-state index is 12.9. The number of carbonyl (C=O) groups is 2. The molecule has 108 valence electrons. The van der Waals surface area contributed by atoms with Crippen molar-refractivity contribution in [3.8, 4) is 0 Å². The van der Waals surface area contributed by atoms with Gasteiger partial charge in [0.1, 0.15) is 11.9 Å². The molecule has 0 bridgehead atoms. The van der Waals surface area contributed by atoms with Crippen molar-refractivity contribution in [2.75, 3.05) is 6.61 Å². The lowest BCUT2D eigenvalue weighted by Crippen LogP contribution is -2.44. The van der Waals surface area contributed by atoms with Gasteiger partial charge in [-0.1, -0.05) is 19.1 Å². The Bertz CT molecular complexity index is 514. The summed E-state index contributed by atoms with van der Waals surface area (Å²) in [4.78, 5) is 23.6. The zero-order valence-electron chi connectivity index (χ0n) is 11.6. The third-order valence-corrected chi connectivity index (χ3v) is 3.61. The van der Waals surface area contributed by atoms with Crippen LogP contribution in [0.2, 0.25) is 0 Å². The van der Waals surface area contributed by atoms with E-state index < -0.39 is 17.4 Å². The van der Waals surface area contributed by atoms with E-state index in [1.165, 1.54) is 12.1 Å². The molecule has 1 aromatic rings. The van der Waals surface area contributed by atoms with Gasteiger partial charge in [0.25, 0.3) is 0 Å². The lowest BCUT2D eigenvalue weighted by molar-refractivity contribution is -0.148. The predicted octanol–water partition coefficient (Wildman–Crippen LogP) is 1.83. The van der Waals surface area contributed by atoms with Gasteiger partial charge in [-0.05, 0) is 31.0 Å². The number of ether oxygens (including phenoxy) is 1. The van der Waals surface area contributed by atoms with Crippen LogP contribution in [0.1, 0.15) is 25.8 Å². The lowest BCUT2D eigenvalue weighted by Gasteiger charge is -2.28. The van der Waals surface area contributed by atoms with Crippen molar-refractivity contribution in [1.82, 2.24) is 5.32 Å². The fraction of sp³-hybridized carbons (Fsp3) is 0.467. The monoisotopic (exact) mass is 279 g/mol. The van der Waals surface area contributed by atoms with Gasteiger partial charge in [-0.3, -0.25) is 4.79 Å². The summed E-state index contributed by atoms with van der Waals surface area (Å²) in [5, 5.41) is 2.67. The minimum atomic E-state index is -0.653. The van der Waals surface area contributed by atoms with Crippen LogP contribution in [0.4, 0.5) is 4.39 Å². The Labute approximate surface area is 117 Å². The van der Waals surface area contributed by atoms with Crippen molar-refractivity contribution < 1.29 is 18.7 Å². The molecule has 2 rings (SSSR count). The van der Waals surface area contributed by atoms with E-state index in [9.17, 15) is 14.0 Å². The molecule has 1 aliphatic rings. The molecule has 20 heavy (non-hydrogen) atoms. The van der Waals surface area contributed by atoms with Crippen molar-refractivity contribution in [2.45, 2.75) is 32.7 Å². The van der Waals surface area contributed by atoms with E-state index in [1.54, 1.807) is 19.1 Å². The van der Waals surface area contributed by atoms with Crippen molar-refractivity contribution in [1.29, 1.82) is 0 Å². The third kappa shape index (κ3) is 2.98. The molecule has 2 atom stereocenters. The summed E-state index contributed by atoms with van der Waals surface area (Å²) in [5.74, 6) is -0.878. The summed E-state index contributed by atoms with van der Waals surface area (Å²) < 4.78 is 17.9. The first-order valence-corrected chi connectivity index (χ1v) is 6.65. The molecular formula is C15H18FNO3. The third-order valence-electron chi connectivity index (χ3n) is 3.61. The Balaban J connectivity index is 2.19. The van der Waals surface area contributed by atoms with Crippen LogP contribution in [-0.2, 0) is 20.7 Å². The quantitative estimate of drug-likeness (QED) is 0.855. The first kappa shape index (κ1) is 14.5. The predicted molar refractivity (Wildman–Crippen MR) is 71.4 cm³/mol. The molecule has 1 aliphatic heterocycles. The van der Waals surface area contributed by atoms with Gasteiger partial charge in [0, 0.05) is 11.8 Å². The highest BCUT2D eigenvalue weighted by atomic mass is 19.1. The van der Waals surface area contributed by atoms with Gasteiger partial charge in [0.15, 0.2) is 0 Å². The summed E-state index contributed by atoms with van der Waals surface area (Å²) in [6.45, 7) is 3.87. The van der Waals surface area contributed by atoms with Crippen molar-refractivity contribution in [3.63, 3.8) is 0 Å². The van der Waals surface area contributed by atoms with E-state index in [4.69, 9.17) is 4.74 Å². The van der Waals surface area contributed by atoms with Crippen molar-refractivity contribution in [3.05, 3.63) is 35.6 Å². The van der Waals surface area contributed by atoms with Crippen LogP contribution in [0, 0.1) is 11.2 Å². The van der Waals surface area contributed by atoms with Crippen molar-refractivity contribution >= 4 is 11.9 Å². The molecule has 4 nitrogen and oxygen atoms in total. The molecule has 1 heterocycles. The zero-order chi connectivity index (χ0) is 14.8. The van der Waals surface area contributed by atoms with Crippen LogP contribution in [0.15, 0.2) is 24.3 Å². The first-order chi connectivity index (χ1) is 9.44. The van der Waals surface area contributed by atoms with Gasteiger partial charge in [-0.2, -0.15) is 0 Å². The molecule has 0 spiro atoms. The van der Waals surface area contributed by atoms with Gasteiger partial charge < -0.3 is 10.1 Å². The lowest BCUT2D eigenvalue weighted by atomic mass is 9.77. The van der Waals surface area contributed by atoms with E-state index in [2.05, 4.69) is 5.32 Å². The van der Waals surface area contributed by atoms with E-state index in [0.717, 1.165) is 5.56 Å². The minimum Gasteiger partial charge on any atom is -0.464 e. The van der Waals surface area contributed by atoms with E-state index in [-0.39, 0.29) is 24.8 Å². The van der Waals surface area contributed by atoms with Gasteiger partial charge >= 0.3 is 5.97 Å². The van der Waals surface area contributed by atoms with Gasteiger partial charge in [0.05, 0.1) is 6.61 Å². The number of benzene rings is 1. The molecule has 1 saturated heterocycles. The zero-order valence-corrected chi connectivity index (χ0v) is 11.6. The number of amides is 1. The SMILES string of the molecule is CCOC(=O)C1NC(=O)CC1(C)Cc1ccc(F)cc1. The first-order valence-electron chi connectivity index (χ1n) is 6.65. The number of hydrogen-bond donors (Lipinski definition) is 1. The number of carbonyl (C=O) groups excluding carboxylic acids is 2. The number of esters is 1. The molecule has 0 aromatic heterocycles. The average Bonchev–Trinajstić information content (AvgIpc) is 2.68. The second-order valence-corrected chi connectivity index (χ2v) is 5.39. The molecule has 1 aromatic carbocycles. The number of nitrogens with one attached hydrogen (secondary N) is 1. The fourth-order valence-electron chi connectivity index (χ4n) is 2.66. The van der Waals surface area contributed by atoms with Gasteiger partial charge in [-0.15, -0.1) is 0 Å². The summed E-state index contributed by atoms with van der Waals surface area (Å²) in [6, 6.07) is 5.45. The summed E-state index contributed by atoms with van der Waals surface area (Å²) in [5.41, 5.74) is 0.334. The molecule has 1 amide bonds. The highest BCUT2D eigenvalue weighted by Crippen LogP contribution is 2.36. The fourth-order valence-corrected chi connectivity index (χ4v) is 2.66. The van der Waals surface area contributed by atoms with Gasteiger partial charge in [-0.25, -0.2) is 9.18 Å². The Morgan fingerprint density at radius 1 is 1.45 bits per heavy atom. The number of halogens is 1. The highest BCUT2D eigenvalue weighted by molar-refractivity contribution is 5.89. The molecule has 5 heteroatoms. The van der Waals surface area contributed by atoms with Crippen molar-refractivity contribution in [2.24, 2.45) is 5.41 Å². The molecule has 0 aliphatic carbocycles. The van der Waals surface area contributed by atoms with Gasteiger partial charge in [0.2, 0.25) is 5.91 Å². The van der Waals surface area contributed by atoms with E-state index in [1.807, 2.05) is 6.92 Å². The van der Waals surface area contributed by atoms with Crippen LogP contribution in [0.25, 0.3) is 0 Å². The van der Waals surface area contributed by atoms with Crippen LogP contribution >= 0.6 is 0 Å². The standard InChI is InChI=1S/C15H18FNO3/c1-3-20-14(19)13-15(2,9-12(18)17-13)8-10-4-6-11(16)7-5-10/h4-7,13H,3,8-9H2,1-2H3,(H,17,18). The topological polar surface area (TPSA) is 55.4 Å². The summed E-state index contributed by atoms with van der Waals surface area (Å²) in [6.07, 6.45) is 0.767. The highest BCUT2D eigenvalue weighted by Gasteiger charge is 2.47. The Morgan fingerprint density at radius 3 is 2.70 bits per heavy atom. The second-order valence-electron chi connectivity index (χ2n) is 5.39. The molecule has 1 fully saturated rings. The normalized spacial score (nSPS) is 25.4. The molecule has 0 saturated carbocycles. The summed E-state index contributed by atoms with van der Waals surface area (Å²) in [7, 11) is 0. The molecule has 2 unspecified atom stereocenters. The largest absolute Gasteiger partial charge is 0.464 e. The molecule has 0 radical (unpaired) electrons. The maximum Gasteiger partial charge on any atom is 0.329 e. The molecule has 1 N–H and O–H groups in total. The number of hydrogen-bond acceptors (Lipinski definition) is 3. The minimum absolute atomic E-state index is 0.160. The van der Waals surface area contributed by atoms with Crippen LogP contribution < -0.4 is 5.32 Å². The van der Waals surface area contributed by atoms with Crippen LogP contribution in [-0.4, -0.2) is 24.5 Å². The summed E-state index contributed by atoms with van der Waals surface area (Å²) >= 11 is 0. The average molecular weight is 279 g/mol. The molecular weight excluding hydrogens is 261 g/mol. The Kier molecular flexibility index (Phi) is 4.06. The smallest absolute Gasteiger partial charge is 0.329 e. The van der Waals surface area contributed by atoms with E-state index in [0.29, 0.717) is 6.42 Å². The van der Waals surface area contributed by atoms with Crippen LogP contribution in [0.3, 0.4) is 0 Å². The maximum atomic E-state index is 12.9. The second kappa shape index (κ2) is 5.61. The van der Waals surface area contributed by atoms with Crippen LogP contribution in [0.5, 0.6) is 0 Å². The number of rotatable bonds is 4. The Morgan fingerprint density at radius 2 is 2.10 bits per heavy atom.